The number of benzene rings is 1. The van der Waals surface area contributed by atoms with Crippen LogP contribution in [0.5, 0.6) is 5.75 Å². The fraction of sp³-hybridized carbons (Fsp3) is 0.800. The molecule has 0 fully saturated rings. The molecule has 3 heteroatoms. The number of phenols is 1. The molecule has 0 aliphatic heterocycles. The van der Waals surface area contributed by atoms with Crippen molar-refractivity contribution in [2.24, 2.45) is 17.8 Å². The maximum absolute atomic E-state index is 9.97. The smallest absolute Gasteiger partial charge is 0.121 e. The number of phenolic OH excluding ortho intramolecular Hbond substituents is 1. The second kappa shape index (κ2) is 19.0. The summed E-state index contributed by atoms with van der Waals surface area (Å²) in [6.07, 6.45) is 15.3. The van der Waals surface area contributed by atoms with E-state index in [2.05, 4.69) is 60.1 Å². The van der Waals surface area contributed by atoms with Gasteiger partial charge < -0.3 is 5.11 Å². The van der Waals surface area contributed by atoms with E-state index in [0.29, 0.717) is 5.75 Å². The normalized spacial score (nSPS) is 13.1. The van der Waals surface area contributed by atoms with Crippen LogP contribution in [-0.4, -0.2) is 5.11 Å². The molecule has 0 saturated carbocycles. The zero-order valence-electron chi connectivity index (χ0n) is 23.5. The quantitative estimate of drug-likeness (QED) is 0.143. The first kappa shape index (κ1) is 32.7. The van der Waals surface area contributed by atoms with Crippen LogP contribution >= 0.6 is 22.5 Å². The first-order chi connectivity index (χ1) is 15.6. The molecule has 0 unspecified atom stereocenters. The van der Waals surface area contributed by atoms with Crippen LogP contribution in [0.15, 0.2) is 0 Å². The van der Waals surface area contributed by atoms with E-state index in [0.717, 1.165) is 41.1 Å². The average molecular weight is 497 g/mol. The van der Waals surface area contributed by atoms with Gasteiger partial charge in [-0.2, -0.15) is 0 Å². The third-order valence-corrected chi connectivity index (χ3v) is 8.08. The molecule has 1 aromatic rings. The molecule has 0 saturated heterocycles. The van der Waals surface area contributed by atoms with E-state index < -0.39 is 0 Å². The van der Waals surface area contributed by atoms with Crippen molar-refractivity contribution < 1.29 is 5.11 Å². The molecule has 1 rings (SSSR count). The molecule has 0 aliphatic carbocycles. The van der Waals surface area contributed by atoms with E-state index >= 15 is 0 Å². The fourth-order valence-electron chi connectivity index (χ4n) is 4.74. The van der Waals surface area contributed by atoms with Crippen LogP contribution in [0.4, 0.5) is 0 Å². The molecule has 194 valence electrons. The zero-order chi connectivity index (χ0) is 25.4. The van der Waals surface area contributed by atoms with Crippen LogP contribution in [0.1, 0.15) is 134 Å². The van der Waals surface area contributed by atoms with Crippen molar-refractivity contribution in [2.45, 2.75) is 139 Å². The van der Waals surface area contributed by atoms with Crippen molar-refractivity contribution in [1.82, 2.24) is 0 Å². The summed E-state index contributed by atoms with van der Waals surface area (Å²) in [5.74, 6) is 4.15. The molecule has 0 heterocycles. The number of aromatic hydroxyl groups is 1. The summed E-state index contributed by atoms with van der Waals surface area (Å²) in [6, 6.07) is 0. The molecule has 0 amide bonds. The predicted molar refractivity (Wildman–Crippen MR) is 157 cm³/mol. The Morgan fingerprint density at radius 3 is 1.67 bits per heavy atom. The lowest BCUT2D eigenvalue weighted by molar-refractivity contribution is 0.387. The van der Waals surface area contributed by atoms with Crippen LogP contribution < -0.4 is 0 Å². The molecule has 0 spiro atoms. The maximum Gasteiger partial charge on any atom is 0.121 e. The van der Waals surface area contributed by atoms with Gasteiger partial charge >= 0.3 is 0 Å². The summed E-state index contributed by atoms with van der Waals surface area (Å²) in [5, 5.41) is 9.97. The lowest BCUT2D eigenvalue weighted by Crippen LogP contribution is -2.01. The van der Waals surface area contributed by atoms with Crippen molar-refractivity contribution >= 4 is 22.5 Å². The van der Waals surface area contributed by atoms with Gasteiger partial charge in [-0.25, -0.2) is 0 Å². The van der Waals surface area contributed by atoms with Crippen molar-refractivity contribution in [1.29, 1.82) is 0 Å². The molecule has 0 radical (unpaired) electrons. The summed E-state index contributed by atoms with van der Waals surface area (Å²) in [6.45, 7) is 20.0. The second-order valence-electron chi connectivity index (χ2n) is 10.8. The van der Waals surface area contributed by atoms with Gasteiger partial charge in [-0.3, -0.25) is 0 Å². The number of hydrogen-bond acceptors (Lipinski definition) is 3. The highest BCUT2D eigenvalue weighted by atomic mass is 33.1. The fourth-order valence-corrected chi connectivity index (χ4v) is 5.65. The molecule has 33 heavy (non-hydrogen) atoms. The van der Waals surface area contributed by atoms with E-state index in [1.54, 1.807) is 0 Å². The van der Waals surface area contributed by atoms with Gasteiger partial charge in [-0.1, -0.05) is 117 Å². The Bertz CT molecular complexity index is 639. The SMILES string of the molecule is CCCCC[C@H](C)CCC[C@H](C)CCCC(C)C.CCc1c(C)c(O)c(C)c(C)c1CSS. The van der Waals surface area contributed by atoms with Gasteiger partial charge in [-0.15, -0.1) is 11.7 Å². The maximum atomic E-state index is 9.97. The topological polar surface area (TPSA) is 20.2 Å². The highest BCUT2D eigenvalue weighted by Gasteiger charge is 2.15. The van der Waals surface area contributed by atoms with E-state index in [1.165, 1.54) is 91.7 Å². The largest absolute Gasteiger partial charge is 0.507 e. The van der Waals surface area contributed by atoms with Crippen LogP contribution in [0.2, 0.25) is 0 Å². The van der Waals surface area contributed by atoms with Crippen molar-refractivity contribution in [3.8, 4) is 5.75 Å². The minimum Gasteiger partial charge on any atom is -0.507 e. The van der Waals surface area contributed by atoms with Crippen LogP contribution in [0, 0.1) is 38.5 Å². The molecule has 2 atom stereocenters. The zero-order valence-corrected chi connectivity index (χ0v) is 25.2. The monoisotopic (exact) mass is 496 g/mol. The van der Waals surface area contributed by atoms with Crippen molar-refractivity contribution in [2.75, 3.05) is 0 Å². The predicted octanol–water partition coefficient (Wildman–Crippen LogP) is 10.8. The Balaban J connectivity index is 0.000000629. The number of hydrogen-bond donors (Lipinski definition) is 2. The van der Waals surface area contributed by atoms with Gasteiger partial charge in [0.05, 0.1) is 0 Å². The number of rotatable bonds is 15. The van der Waals surface area contributed by atoms with Crippen LogP contribution in [0.25, 0.3) is 0 Å². The second-order valence-corrected chi connectivity index (χ2v) is 12.1. The lowest BCUT2D eigenvalue weighted by Gasteiger charge is -2.18. The van der Waals surface area contributed by atoms with E-state index in [9.17, 15) is 5.11 Å². The van der Waals surface area contributed by atoms with Gasteiger partial charge in [0.2, 0.25) is 0 Å². The minimum absolute atomic E-state index is 0.456. The summed E-state index contributed by atoms with van der Waals surface area (Å²) in [5.41, 5.74) is 5.85. The Hall–Kier alpha value is -0.280. The molecular formula is C30H56OS2. The molecular weight excluding hydrogens is 440 g/mol. The Labute approximate surface area is 217 Å². The lowest BCUT2D eigenvalue weighted by atomic mass is 9.92. The standard InChI is InChI=1S/C18H38.C12H18OS2/c1-6-7-8-12-17(4)14-10-15-18(5)13-9-11-16(2)3;1-5-10-9(4)12(13)8(3)7(2)11(10)6-15-14/h16-18H,6-15H2,1-5H3;13-14H,5-6H2,1-4H3/t17-,18+;/m0./s1. The van der Waals surface area contributed by atoms with Gasteiger partial charge in [-0.05, 0) is 72.8 Å². The minimum atomic E-state index is 0.456. The Kier molecular flexibility index (Phi) is 18.8. The number of unbranched alkanes of at least 4 members (excludes halogenated alkanes) is 2. The molecule has 0 bridgehead atoms. The van der Waals surface area contributed by atoms with Crippen molar-refractivity contribution in [3.63, 3.8) is 0 Å². The summed E-state index contributed by atoms with van der Waals surface area (Å²) in [4.78, 5) is 0. The summed E-state index contributed by atoms with van der Waals surface area (Å²) < 4.78 is 0. The first-order valence-electron chi connectivity index (χ1n) is 13.7. The molecule has 1 nitrogen and oxygen atoms in total. The van der Waals surface area contributed by atoms with Gasteiger partial charge in [0, 0.05) is 5.75 Å². The van der Waals surface area contributed by atoms with E-state index in [1.807, 2.05) is 13.8 Å². The van der Waals surface area contributed by atoms with Gasteiger partial charge in [0.15, 0.2) is 0 Å². The molecule has 0 aliphatic rings. The number of thiol groups is 1. The Morgan fingerprint density at radius 1 is 0.697 bits per heavy atom. The van der Waals surface area contributed by atoms with Gasteiger partial charge in [0.25, 0.3) is 0 Å². The third kappa shape index (κ3) is 13.4. The highest BCUT2D eigenvalue weighted by Crippen LogP contribution is 2.34. The molecule has 0 aromatic heterocycles. The first-order valence-corrected chi connectivity index (χ1v) is 15.7. The van der Waals surface area contributed by atoms with E-state index in [-0.39, 0.29) is 0 Å². The van der Waals surface area contributed by atoms with Crippen LogP contribution in [-0.2, 0) is 12.2 Å². The average Bonchev–Trinajstić information content (AvgIpc) is 2.77. The summed E-state index contributed by atoms with van der Waals surface area (Å²) >= 11 is 4.21. The van der Waals surface area contributed by atoms with Crippen LogP contribution in [0.3, 0.4) is 0 Å². The molecule has 1 N–H and O–H groups in total. The van der Waals surface area contributed by atoms with Gasteiger partial charge in [0.1, 0.15) is 5.75 Å². The third-order valence-electron chi connectivity index (χ3n) is 7.28. The molecule has 1 aromatic carbocycles. The highest BCUT2D eigenvalue weighted by molar-refractivity contribution is 8.68. The van der Waals surface area contributed by atoms with Crippen molar-refractivity contribution in [3.05, 3.63) is 27.8 Å². The van der Waals surface area contributed by atoms with E-state index in [4.69, 9.17) is 0 Å². The summed E-state index contributed by atoms with van der Waals surface area (Å²) in [7, 11) is 1.53. The Morgan fingerprint density at radius 2 is 1.21 bits per heavy atom.